The summed E-state index contributed by atoms with van der Waals surface area (Å²) in [4.78, 5) is 6.73. The fourth-order valence-electron chi connectivity index (χ4n) is 2.18. The third-order valence-electron chi connectivity index (χ3n) is 3.20. The minimum atomic E-state index is 0.518. The summed E-state index contributed by atoms with van der Waals surface area (Å²) in [6.07, 6.45) is 0.839. The molecule has 0 aliphatic carbocycles. The first kappa shape index (κ1) is 14.6. The topological polar surface area (TPSA) is 12.9 Å². The molecule has 2 aromatic heterocycles. The zero-order chi connectivity index (χ0) is 14.8. The number of aryl methyl sites for hydroxylation is 1. The number of halogens is 2. The predicted octanol–water partition coefficient (Wildman–Crippen LogP) is 6.02. The molecule has 0 unspecified atom stereocenters. The van der Waals surface area contributed by atoms with E-state index in [1.54, 1.807) is 17.4 Å². The van der Waals surface area contributed by atoms with Gasteiger partial charge in [-0.3, -0.25) is 0 Å². The summed E-state index contributed by atoms with van der Waals surface area (Å²) >= 11 is 13.9. The molecule has 0 aliphatic heterocycles. The lowest BCUT2D eigenvalue weighted by Crippen LogP contribution is -1.87. The quantitative estimate of drug-likeness (QED) is 0.534. The lowest BCUT2D eigenvalue weighted by atomic mass is 10.1. The molecule has 0 radical (unpaired) electrons. The van der Waals surface area contributed by atoms with Gasteiger partial charge in [0.25, 0.3) is 0 Å². The van der Waals surface area contributed by atoms with Gasteiger partial charge in [0, 0.05) is 16.3 Å². The van der Waals surface area contributed by atoms with Gasteiger partial charge in [-0.2, -0.15) is 0 Å². The van der Waals surface area contributed by atoms with Crippen LogP contribution in [0.3, 0.4) is 0 Å². The Hall–Kier alpha value is -1.35. The van der Waals surface area contributed by atoms with E-state index in [9.17, 15) is 0 Å². The van der Waals surface area contributed by atoms with E-state index >= 15 is 0 Å². The molecule has 0 amide bonds. The SMILES string of the molecule is Cc1ccc(Cl)c(Cc2ccc(-c3cccc(Cl)n3)s2)c1. The van der Waals surface area contributed by atoms with E-state index in [0.717, 1.165) is 27.6 Å². The highest BCUT2D eigenvalue weighted by Gasteiger charge is 2.07. The summed E-state index contributed by atoms with van der Waals surface area (Å²) in [7, 11) is 0. The molecule has 3 aromatic rings. The Morgan fingerprint density at radius 1 is 1.05 bits per heavy atom. The maximum Gasteiger partial charge on any atom is 0.129 e. The molecule has 0 spiro atoms. The molecule has 0 saturated carbocycles. The third-order valence-corrected chi connectivity index (χ3v) is 4.88. The molecule has 2 heterocycles. The largest absolute Gasteiger partial charge is 0.235 e. The highest BCUT2D eigenvalue weighted by molar-refractivity contribution is 7.15. The monoisotopic (exact) mass is 333 g/mol. The van der Waals surface area contributed by atoms with Gasteiger partial charge in [0.1, 0.15) is 5.15 Å². The second kappa shape index (κ2) is 6.18. The number of thiophene rings is 1. The van der Waals surface area contributed by atoms with Crippen molar-refractivity contribution >= 4 is 34.5 Å². The Morgan fingerprint density at radius 3 is 2.71 bits per heavy atom. The van der Waals surface area contributed by atoms with Gasteiger partial charge >= 0.3 is 0 Å². The summed E-state index contributed by atoms with van der Waals surface area (Å²) in [5.74, 6) is 0. The summed E-state index contributed by atoms with van der Waals surface area (Å²) in [6.45, 7) is 2.08. The van der Waals surface area contributed by atoms with Gasteiger partial charge in [-0.15, -0.1) is 11.3 Å². The van der Waals surface area contributed by atoms with Gasteiger partial charge in [0.05, 0.1) is 10.6 Å². The molecular weight excluding hydrogens is 321 g/mol. The van der Waals surface area contributed by atoms with E-state index in [2.05, 4.69) is 30.1 Å². The van der Waals surface area contributed by atoms with E-state index in [4.69, 9.17) is 23.2 Å². The van der Waals surface area contributed by atoms with Crippen LogP contribution < -0.4 is 0 Å². The Balaban J connectivity index is 1.87. The van der Waals surface area contributed by atoms with Crippen molar-refractivity contribution in [1.82, 2.24) is 4.98 Å². The predicted molar refractivity (Wildman–Crippen MR) is 91.6 cm³/mol. The first-order valence-corrected chi connectivity index (χ1v) is 8.16. The van der Waals surface area contributed by atoms with Crippen molar-refractivity contribution in [3.8, 4) is 10.6 Å². The fourth-order valence-corrected chi connectivity index (χ4v) is 3.53. The van der Waals surface area contributed by atoms with Crippen LogP contribution in [0.2, 0.25) is 10.2 Å². The number of hydrogen-bond donors (Lipinski definition) is 0. The molecule has 0 aliphatic rings. The average molecular weight is 334 g/mol. The molecule has 106 valence electrons. The first-order valence-electron chi connectivity index (χ1n) is 6.58. The second-order valence-corrected chi connectivity index (χ2v) is 6.85. The lowest BCUT2D eigenvalue weighted by molar-refractivity contribution is 1.22. The third kappa shape index (κ3) is 3.46. The normalized spacial score (nSPS) is 10.8. The number of rotatable bonds is 3. The van der Waals surface area contributed by atoms with E-state index in [1.165, 1.54) is 10.4 Å². The van der Waals surface area contributed by atoms with Gasteiger partial charge in [0.2, 0.25) is 0 Å². The number of aromatic nitrogens is 1. The lowest BCUT2D eigenvalue weighted by Gasteiger charge is -2.04. The Bertz CT molecular complexity index is 780. The van der Waals surface area contributed by atoms with E-state index in [0.29, 0.717) is 5.15 Å². The Morgan fingerprint density at radius 2 is 1.90 bits per heavy atom. The van der Waals surface area contributed by atoms with Crippen LogP contribution in [-0.2, 0) is 6.42 Å². The molecule has 0 atom stereocenters. The molecule has 0 bridgehead atoms. The molecular formula is C17H13Cl2NS. The zero-order valence-corrected chi connectivity index (χ0v) is 13.8. The number of nitrogens with zero attached hydrogens (tertiary/aromatic N) is 1. The molecule has 0 N–H and O–H groups in total. The molecule has 4 heteroatoms. The van der Waals surface area contributed by atoms with Crippen LogP contribution in [-0.4, -0.2) is 4.98 Å². The van der Waals surface area contributed by atoms with Gasteiger partial charge in [0.15, 0.2) is 0 Å². The minimum Gasteiger partial charge on any atom is -0.235 e. The number of benzene rings is 1. The van der Waals surface area contributed by atoms with Gasteiger partial charge < -0.3 is 0 Å². The van der Waals surface area contributed by atoms with Crippen LogP contribution in [0.15, 0.2) is 48.5 Å². The Labute approximate surface area is 138 Å². The van der Waals surface area contributed by atoms with Crippen molar-refractivity contribution in [3.05, 3.63) is 74.7 Å². The highest BCUT2D eigenvalue weighted by atomic mass is 35.5. The molecule has 0 saturated heterocycles. The van der Waals surface area contributed by atoms with Gasteiger partial charge in [-0.1, -0.05) is 47.0 Å². The second-order valence-electron chi connectivity index (χ2n) is 4.88. The van der Waals surface area contributed by atoms with Gasteiger partial charge in [-0.25, -0.2) is 4.98 Å². The van der Waals surface area contributed by atoms with Crippen LogP contribution in [0.1, 0.15) is 16.0 Å². The molecule has 21 heavy (non-hydrogen) atoms. The van der Waals surface area contributed by atoms with Crippen LogP contribution >= 0.6 is 34.5 Å². The van der Waals surface area contributed by atoms with Gasteiger partial charge in [-0.05, 0) is 42.8 Å². The highest BCUT2D eigenvalue weighted by Crippen LogP contribution is 2.30. The molecule has 3 rings (SSSR count). The fraction of sp³-hybridized carbons (Fsp3) is 0.118. The van der Waals surface area contributed by atoms with Crippen LogP contribution in [0, 0.1) is 6.92 Å². The van der Waals surface area contributed by atoms with Crippen molar-refractivity contribution in [2.75, 3.05) is 0 Å². The average Bonchev–Trinajstić information content (AvgIpc) is 2.91. The van der Waals surface area contributed by atoms with Crippen LogP contribution in [0.5, 0.6) is 0 Å². The van der Waals surface area contributed by atoms with Crippen molar-refractivity contribution < 1.29 is 0 Å². The maximum atomic E-state index is 6.27. The Kier molecular flexibility index (Phi) is 4.29. The minimum absolute atomic E-state index is 0.518. The number of pyridine rings is 1. The molecule has 1 aromatic carbocycles. The summed E-state index contributed by atoms with van der Waals surface area (Å²) in [5.41, 5.74) is 3.29. The van der Waals surface area contributed by atoms with Crippen molar-refractivity contribution in [2.45, 2.75) is 13.3 Å². The standard InChI is InChI=1S/C17H13Cl2NS/c1-11-5-7-14(18)12(9-11)10-13-6-8-16(21-13)15-3-2-4-17(19)20-15/h2-9H,10H2,1H3. The van der Waals surface area contributed by atoms with E-state index in [1.807, 2.05) is 24.3 Å². The maximum absolute atomic E-state index is 6.27. The zero-order valence-electron chi connectivity index (χ0n) is 11.4. The smallest absolute Gasteiger partial charge is 0.129 e. The number of hydrogen-bond acceptors (Lipinski definition) is 2. The molecule has 1 nitrogen and oxygen atoms in total. The van der Waals surface area contributed by atoms with Crippen LogP contribution in [0.4, 0.5) is 0 Å². The summed E-state index contributed by atoms with van der Waals surface area (Å²) in [6, 6.07) is 16.0. The first-order chi connectivity index (χ1) is 10.1. The van der Waals surface area contributed by atoms with E-state index < -0.39 is 0 Å². The van der Waals surface area contributed by atoms with Crippen molar-refractivity contribution in [1.29, 1.82) is 0 Å². The molecule has 0 fully saturated rings. The summed E-state index contributed by atoms with van der Waals surface area (Å²) in [5, 5.41) is 1.33. The van der Waals surface area contributed by atoms with Crippen LogP contribution in [0.25, 0.3) is 10.6 Å². The summed E-state index contributed by atoms with van der Waals surface area (Å²) < 4.78 is 0. The van der Waals surface area contributed by atoms with Crippen molar-refractivity contribution in [2.24, 2.45) is 0 Å². The van der Waals surface area contributed by atoms with E-state index in [-0.39, 0.29) is 0 Å². The van der Waals surface area contributed by atoms with Crippen molar-refractivity contribution in [3.63, 3.8) is 0 Å².